The third-order valence-corrected chi connectivity index (χ3v) is 12.8. The number of aldehydes is 1. The van der Waals surface area contributed by atoms with E-state index < -0.39 is 23.9 Å². The summed E-state index contributed by atoms with van der Waals surface area (Å²) < 4.78 is 9.33. The summed E-state index contributed by atoms with van der Waals surface area (Å²) in [6.07, 6.45) is 8.45. The molecular weight excluding hydrogens is 869 g/mol. The molecule has 2 aliphatic heterocycles. The van der Waals surface area contributed by atoms with Crippen LogP contribution in [0.5, 0.6) is 5.75 Å². The first kappa shape index (κ1) is 51.2. The Kier molecular flexibility index (Phi) is 18.6. The molecule has 364 valence electrons. The molecule has 3 heterocycles. The number of hydrogen-bond donors (Lipinski definition) is 4. The van der Waals surface area contributed by atoms with E-state index in [0.29, 0.717) is 44.7 Å². The predicted molar refractivity (Wildman–Crippen MR) is 260 cm³/mol. The number of rotatable bonds is 21. The second kappa shape index (κ2) is 24.7. The fourth-order valence-electron chi connectivity index (χ4n) is 9.13. The molecule has 1 amide bonds. The van der Waals surface area contributed by atoms with E-state index in [1.54, 1.807) is 9.80 Å². The highest BCUT2D eigenvalue weighted by Crippen LogP contribution is 2.38. The second-order valence-electron chi connectivity index (χ2n) is 18.5. The van der Waals surface area contributed by atoms with E-state index in [4.69, 9.17) is 4.74 Å². The Morgan fingerprint density at radius 2 is 1.41 bits per heavy atom. The normalized spacial score (nSPS) is 17.5. The highest BCUT2D eigenvalue weighted by atomic mass is 16.5. The number of carboxylic acid groups (broad SMARTS) is 3. The molecule has 68 heavy (non-hydrogen) atoms. The number of nitrogens with one attached hydrogen (secondary N) is 1. The molecule has 6 rings (SSSR count). The summed E-state index contributed by atoms with van der Waals surface area (Å²) in [6, 6.07) is 25.6. The third kappa shape index (κ3) is 15.4. The quantitative estimate of drug-likeness (QED) is 0.0409. The minimum absolute atomic E-state index is 0.0748. The molecule has 4 aromatic rings. The van der Waals surface area contributed by atoms with Crippen LogP contribution in [0, 0.1) is 0 Å². The lowest BCUT2D eigenvalue weighted by atomic mass is 10.0. The van der Waals surface area contributed by atoms with Gasteiger partial charge in [-0.05, 0) is 60.7 Å². The molecule has 0 radical (unpaired) electrons. The van der Waals surface area contributed by atoms with E-state index in [9.17, 15) is 39.3 Å². The summed E-state index contributed by atoms with van der Waals surface area (Å²) in [5.41, 5.74) is 4.83. The number of unbranched alkanes of at least 4 members (excludes halogenated alkanes) is 1. The Balaban J connectivity index is 0.989. The number of pyridine rings is 1. The molecular formula is C51H68N8O9+2. The van der Waals surface area contributed by atoms with E-state index in [-0.39, 0.29) is 51.7 Å². The van der Waals surface area contributed by atoms with Crippen molar-refractivity contribution in [3.8, 4) is 5.75 Å². The number of quaternary nitrogens is 1. The van der Waals surface area contributed by atoms with Crippen molar-refractivity contribution in [3.63, 3.8) is 0 Å². The molecule has 1 atom stereocenters. The zero-order chi connectivity index (χ0) is 48.6. The Hall–Kier alpha value is -6.24. The monoisotopic (exact) mass is 937 g/mol. The van der Waals surface area contributed by atoms with Gasteiger partial charge in [-0.3, -0.25) is 38.8 Å². The van der Waals surface area contributed by atoms with E-state index in [1.807, 2.05) is 59.3 Å². The smallest absolute Gasteiger partial charge is 0.317 e. The number of carbonyl (C=O) groups is 5. The van der Waals surface area contributed by atoms with Gasteiger partial charge in [0.2, 0.25) is 17.3 Å². The van der Waals surface area contributed by atoms with Crippen molar-refractivity contribution in [2.45, 2.75) is 44.7 Å². The Bertz CT molecular complexity index is 2390. The molecule has 2 aliphatic rings. The van der Waals surface area contributed by atoms with Gasteiger partial charge in [-0.1, -0.05) is 36.4 Å². The molecule has 0 spiro atoms. The van der Waals surface area contributed by atoms with E-state index >= 15 is 0 Å². The third-order valence-electron chi connectivity index (χ3n) is 12.8. The number of hydrogen-bond acceptors (Lipinski definition) is 11. The van der Waals surface area contributed by atoms with Gasteiger partial charge >= 0.3 is 17.9 Å². The van der Waals surface area contributed by atoms with Crippen molar-refractivity contribution < 1.29 is 53.1 Å². The van der Waals surface area contributed by atoms with Crippen LogP contribution in [0.4, 0.5) is 11.4 Å². The SMILES string of the molecule is CN1/C(=C/c2cc[n+](CCC[N+](C)(C)CCCCC(=O)Nc3ccc(CC4CN(CC(=O)O)CCN(CC(=O)O)CCN(CC=O)CCN4CC(=O)O)cc3)c3ccccc23)Oc2ccccc21. The van der Waals surface area contributed by atoms with Gasteiger partial charge in [0.05, 0.1) is 70.9 Å². The van der Waals surface area contributed by atoms with Crippen LogP contribution in [0.2, 0.25) is 0 Å². The minimum Gasteiger partial charge on any atom is -0.480 e. The van der Waals surface area contributed by atoms with Gasteiger partial charge in [-0.15, -0.1) is 0 Å². The van der Waals surface area contributed by atoms with Gasteiger partial charge in [0, 0.05) is 89.2 Å². The molecule has 17 nitrogen and oxygen atoms in total. The standard InChI is InChI=1S/C51H66N8O9/c1-53-45-13-6-7-14-46(45)68-48(53)34-40-20-22-57(44-12-5-4-11-43(40)44)21-10-31-59(2,3)30-9-8-15-47(61)52-41-18-16-39(17-19-41)33-42-35-56(37-50(64)65)26-25-55(36-49(62)63)24-23-54(29-32-60)27-28-58(42)38-51(66)67/h4-7,11-14,16-20,22,32,34,42H,8-10,15,21,23-31,33,35-38H2,1-3H3,(H2-2,52,61,62,63,64,65,66,67)/p+2. The largest absolute Gasteiger partial charge is 0.480 e. The zero-order valence-corrected chi connectivity index (χ0v) is 39.7. The van der Waals surface area contributed by atoms with Crippen molar-refractivity contribution in [3.05, 3.63) is 102 Å². The summed E-state index contributed by atoms with van der Waals surface area (Å²) in [5, 5.41) is 33.4. The van der Waals surface area contributed by atoms with Gasteiger partial charge in [0.15, 0.2) is 18.5 Å². The number of aromatic nitrogens is 1. The highest BCUT2D eigenvalue weighted by molar-refractivity contribution is 5.90. The number of carboxylic acids is 3. The number of aliphatic carboxylic acids is 3. The summed E-state index contributed by atoms with van der Waals surface area (Å²) in [6.45, 7) is 4.25. The number of aryl methyl sites for hydroxylation is 1. The number of ether oxygens (including phenoxy) is 1. The number of nitrogens with zero attached hydrogens (tertiary/aromatic N) is 7. The molecule has 1 unspecified atom stereocenters. The Morgan fingerprint density at radius 3 is 2.13 bits per heavy atom. The fourth-order valence-corrected chi connectivity index (χ4v) is 9.13. The summed E-state index contributed by atoms with van der Waals surface area (Å²) in [5.74, 6) is -1.51. The van der Waals surface area contributed by atoms with E-state index in [1.165, 1.54) is 5.52 Å². The lowest BCUT2D eigenvalue weighted by molar-refractivity contribution is -0.892. The molecule has 0 bridgehead atoms. The highest BCUT2D eigenvalue weighted by Gasteiger charge is 2.28. The number of benzene rings is 3. The van der Waals surface area contributed by atoms with E-state index in [0.717, 1.165) is 83.5 Å². The first-order valence-electron chi connectivity index (χ1n) is 23.5. The van der Waals surface area contributed by atoms with Gasteiger partial charge in [0.1, 0.15) is 6.29 Å². The maximum absolute atomic E-state index is 13.1. The number of amides is 1. The van der Waals surface area contributed by atoms with Gasteiger partial charge in [-0.25, -0.2) is 0 Å². The summed E-state index contributed by atoms with van der Waals surface area (Å²) in [4.78, 5) is 69.5. The summed E-state index contributed by atoms with van der Waals surface area (Å²) in [7, 11) is 6.49. The van der Waals surface area contributed by atoms with Crippen molar-refractivity contribution in [2.24, 2.45) is 0 Å². The molecule has 17 heteroatoms. The minimum atomic E-state index is -1.04. The maximum Gasteiger partial charge on any atom is 0.317 e. The Labute approximate surface area is 399 Å². The molecule has 4 N–H and O–H groups in total. The Morgan fingerprint density at radius 1 is 0.765 bits per heavy atom. The molecule has 1 saturated heterocycles. The zero-order valence-electron chi connectivity index (χ0n) is 39.7. The number of para-hydroxylation sites is 3. The van der Waals surface area contributed by atoms with Crippen LogP contribution in [0.15, 0.2) is 90.9 Å². The molecule has 3 aromatic carbocycles. The van der Waals surface area contributed by atoms with Crippen LogP contribution in [0.3, 0.4) is 0 Å². The van der Waals surface area contributed by atoms with Crippen LogP contribution >= 0.6 is 0 Å². The number of fused-ring (bicyclic) bond motifs is 2. The van der Waals surface area contributed by atoms with Gasteiger partial charge in [-0.2, -0.15) is 4.57 Å². The first-order chi connectivity index (χ1) is 32.7. The van der Waals surface area contributed by atoms with Crippen molar-refractivity contribution in [1.82, 2.24) is 19.6 Å². The van der Waals surface area contributed by atoms with Gasteiger partial charge in [0.25, 0.3) is 0 Å². The topological polar surface area (TPSA) is 187 Å². The molecule has 0 aliphatic carbocycles. The fraction of sp³-hybridized carbons (Fsp3) is 0.451. The maximum atomic E-state index is 13.1. The van der Waals surface area contributed by atoms with Crippen LogP contribution in [-0.4, -0.2) is 182 Å². The van der Waals surface area contributed by atoms with Crippen LogP contribution in [-0.2, 0) is 36.9 Å². The first-order valence-corrected chi connectivity index (χ1v) is 23.5. The molecule has 1 fully saturated rings. The molecule has 1 aromatic heterocycles. The second-order valence-corrected chi connectivity index (χ2v) is 18.5. The van der Waals surface area contributed by atoms with Crippen LogP contribution in [0.25, 0.3) is 17.0 Å². The van der Waals surface area contributed by atoms with Crippen molar-refractivity contribution in [1.29, 1.82) is 0 Å². The number of anilines is 2. The van der Waals surface area contributed by atoms with E-state index in [2.05, 4.69) is 77.6 Å². The number of carbonyl (C=O) groups excluding carboxylic acids is 2. The van der Waals surface area contributed by atoms with Crippen LogP contribution < -0.4 is 19.5 Å². The van der Waals surface area contributed by atoms with Gasteiger partial charge < -0.3 is 39.6 Å². The lowest BCUT2D eigenvalue weighted by Gasteiger charge is -2.37. The predicted octanol–water partition coefficient (Wildman–Crippen LogP) is 3.82. The summed E-state index contributed by atoms with van der Waals surface area (Å²) >= 11 is 0. The van der Waals surface area contributed by atoms with Crippen molar-refractivity contribution in [2.75, 3.05) is 116 Å². The van der Waals surface area contributed by atoms with Crippen molar-refractivity contribution >= 4 is 58.5 Å². The molecule has 0 saturated carbocycles. The average Bonchev–Trinajstić information content (AvgIpc) is 3.61. The lowest BCUT2D eigenvalue weighted by Crippen LogP contribution is -2.53. The van der Waals surface area contributed by atoms with Crippen LogP contribution in [0.1, 0.15) is 36.8 Å². The average molecular weight is 937 g/mol.